The fourth-order valence-electron chi connectivity index (χ4n) is 3.02. The molecule has 0 unspecified atom stereocenters. The van der Waals surface area contributed by atoms with Gasteiger partial charge in [-0.2, -0.15) is 11.3 Å². The molecule has 0 bridgehead atoms. The fourth-order valence-corrected chi connectivity index (χ4v) is 3.93. The van der Waals surface area contributed by atoms with Gasteiger partial charge in [-0.3, -0.25) is 4.79 Å². The molecule has 1 aromatic carbocycles. The third kappa shape index (κ3) is 4.35. The predicted molar refractivity (Wildman–Crippen MR) is 115 cm³/mol. The average Bonchev–Trinajstić information content (AvgIpc) is 3.20. The van der Waals surface area contributed by atoms with Gasteiger partial charge in [-0.15, -0.1) is 0 Å². The molecule has 136 valence electrons. The van der Waals surface area contributed by atoms with E-state index in [4.69, 9.17) is 4.98 Å². The number of H-pyrrole nitrogens is 1. The van der Waals surface area contributed by atoms with E-state index in [-0.39, 0.29) is 5.56 Å². The number of aromatic nitrogens is 2. The summed E-state index contributed by atoms with van der Waals surface area (Å²) in [5, 5.41) is 8.60. The predicted octanol–water partition coefficient (Wildman–Crippen LogP) is 4.75. The summed E-state index contributed by atoms with van der Waals surface area (Å²) < 4.78 is 1.10. The van der Waals surface area contributed by atoms with Gasteiger partial charge in [-0.1, -0.05) is 28.1 Å². The van der Waals surface area contributed by atoms with Crippen molar-refractivity contribution >= 4 is 38.2 Å². The van der Waals surface area contributed by atoms with Gasteiger partial charge in [0.05, 0.1) is 11.2 Å². The number of fused-ring (bicyclic) bond motifs is 1. The number of benzene rings is 1. The minimum atomic E-state index is -0.133. The molecule has 0 atom stereocenters. The van der Waals surface area contributed by atoms with Crippen LogP contribution in [0.5, 0.6) is 0 Å². The molecule has 0 amide bonds. The lowest BCUT2D eigenvalue weighted by atomic mass is 10.1. The quantitative estimate of drug-likeness (QED) is 0.426. The van der Waals surface area contributed by atoms with Crippen molar-refractivity contribution in [1.82, 2.24) is 15.3 Å². The molecular weight excluding hydrogens is 422 g/mol. The monoisotopic (exact) mass is 439 g/mol. The molecular formula is C21H18BrN3OS. The van der Waals surface area contributed by atoms with E-state index in [2.05, 4.69) is 68.0 Å². The molecule has 4 nitrogen and oxygen atoms in total. The van der Waals surface area contributed by atoms with Gasteiger partial charge in [0, 0.05) is 39.6 Å². The van der Waals surface area contributed by atoms with Gasteiger partial charge in [0.15, 0.2) is 0 Å². The van der Waals surface area contributed by atoms with Gasteiger partial charge in [-0.25, -0.2) is 4.98 Å². The number of nitrogens with one attached hydrogen (secondary N) is 2. The van der Waals surface area contributed by atoms with Gasteiger partial charge >= 0.3 is 0 Å². The zero-order valence-corrected chi connectivity index (χ0v) is 16.9. The van der Waals surface area contributed by atoms with Crippen LogP contribution in [-0.4, -0.2) is 16.5 Å². The summed E-state index contributed by atoms with van der Waals surface area (Å²) in [5.41, 5.74) is 5.05. The molecule has 0 aliphatic rings. The molecule has 4 rings (SSSR count). The fraction of sp³-hybridized carbons (Fsp3) is 0.143. The minimum Gasteiger partial charge on any atom is -0.328 e. The van der Waals surface area contributed by atoms with Crippen LogP contribution in [0.2, 0.25) is 0 Å². The van der Waals surface area contributed by atoms with Gasteiger partial charge in [0.2, 0.25) is 5.56 Å². The number of halogens is 1. The summed E-state index contributed by atoms with van der Waals surface area (Å²) in [6, 6.07) is 14.1. The number of hydrogen-bond donors (Lipinski definition) is 2. The number of thiophene rings is 1. The van der Waals surface area contributed by atoms with Crippen LogP contribution in [0, 0.1) is 0 Å². The van der Waals surface area contributed by atoms with Crippen LogP contribution >= 0.6 is 27.3 Å². The van der Waals surface area contributed by atoms with E-state index in [9.17, 15) is 4.79 Å². The summed E-state index contributed by atoms with van der Waals surface area (Å²) in [6.45, 7) is 1.61. The molecule has 27 heavy (non-hydrogen) atoms. The van der Waals surface area contributed by atoms with Crippen molar-refractivity contribution in [1.29, 1.82) is 0 Å². The third-order valence-electron chi connectivity index (χ3n) is 4.41. The van der Waals surface area contributed by atoms with E-state index in [0.717, 1.165) is 51.7 Å². The Kier molecular flexibility index (Phi) is 5.48. The molecule has 0 radical (unpaired) electrons. The topological polar surface area (TPSA) is 57.8 Å². The standard InChI is InChI=1S/C21H18BrN3OS/c22-18-3-1-14(2-4-18)5-7-23-11-17-9-16-12-24-20(26)10-19(16)25-21(17)15-6-8-27-13-15/h1-4,6,8-10,12-13,23H,5,7,11H2,(H,24,26). The lowest BCUT2D eigenvalue weighted by molar-refractivity contribution is 0.687. The van der Waals surface area contributed by atoms with Gasteiger partial charge < -0.3 is 10.3 Å². The lowest BCUT2D eigenvalue weighted by Crippen LogP contribution is -2.17. The summed E-state index contributed by atoms with van der Waals surface area (Å²) >= 11 is 5.11. The third-order valence-corrected chi connectivity index (χ3v) is 5.63. The number of nitrogens with zero attached hydrogens (tertiary/aromatic N) is 1. The Morgan fingerprint density at radius 2 is 2.00 bits per heavy atom. The second kappa shape index (κ2) is 8.17. The van der Waals surface area contributed by atoms with Crippen molar-refractivity contribution in [3.05, 3.63) is 85.4 Å². The summed E-state index contributed by atoms with van der Waals surface area (Å²) in [5.74, 6) is 0. The zero-order chi connectivity index (χ0) is 18.6. The molecule has 0 aliphatic heterocycles. The Bertz CT molecular complexity index is 1100. The summed E-state index contributed by atoms with van der Waals surface area (Å²) in [7, 11) is 0. The van der Waals surface area contributed by atoms with Gasteiger partial charge in [0.25, 0.3) is 0 Å². The highest BCUT2D eigenvalue weighted by atomic mass is 79.9. The van der Waals surface area contributed by atoms with E-state index < -0.39 is 0 Å². The second-order valence-electron chi connectivity index (χ2n) is 6.33. The van der Waals surface area contributed by atoms with Gasteiger partial charge in [0.1, 0.15) is 0 Å². The van der Waals surface area contributed by atoms with Crippen molar-refractivity contribution in [3.63, 3.8) is 0 Å². The molecule has 3 heterocycles. The lowest BCUT2D eigenvalue weighted by Gasteiger charge is -2.11. The Hall–Kier alpha value is -2.28. The van der Waals surface area contributed by atoms with Crippen LogP contribution < -0.4 is 10.9 Å². The molecule has 0 aliphatic carbocycles. The van der Waals surface area contributed by atoms with Crippen LogP contribution in [0.15, 0.2) is 68.7 Å². The summed E-state index contributed by atoms with van der Waals surface area (Å²) in [6.07, 6.45) is 2.70. The van der Waals surface area contributed by atoms with Crippen LogP contribution in [0.4, 0.5) is 0 Å². The van der Waals surface area contributed by atoms with E-state index in [0.29, 0.717) is 0 Å². The van der Waals surface area contributed by atoms with E-state index >= 15 is 0 Å². The van der Waals surface area contributed by atoms with Crippen LogP contribution in [0.1, 0.15) is 11.1 Å². The zero-order valence-electron chi connectivity index (χ0n) is 14.5. The molecule has 0 fully saturated rings. The summed E-state index contributed by atoms with van der Waals surface area (Å²) in [4.78, 5) is 19.1. The van der Waals surface area contributed by atoms with Crippen molar-refractivity contribution in [3.8, 4) is 11.3 Å². The molecule has 3 aromatic heterocycles. The first-order chi connectivity index (χ1) is 13.2. The highest BCUT2D eigenvalue weighted by molar-refractivity contribution is 9.10. The Morgan fingerprint density at radius 3 is 2.78 bits per heavy atom. The highest BCUT2D eigenvalue weighted by Gasteiger charge is 2.10. The molecule has 0 saturated heterocycles. The number of rotatable bonds is 6. The maximum absolute atomic E-state index is 11.6. The van der Waals surface area contributed by atoms with E-state index in [1.165, 1.54) is 5.56 Å². The largest absolute Gasteiger partial charge is 0.328 e. The van der Waals surface area contributed by atoms with E-state index in [1.54, 1.807) is 23.6 Å². The molecule has 6 heteroatoms. The number of pyridine rings is 2. The van der Waals surface area contributed by atoms with Crippen LogP contribution in [0.3, 0.4) is 0 Å². The van der Waals surface area contributed by atoms with Crippen molar-refractivity contribution in [2.24, 2.45) is 0 Å². The Morgan fingerprint density at radius 1 is 1.15 bits per heavy atom. The van der Waals surface area contributed by atoms with Crippen molar-refractivity contribution in [2.45, 2.75) is 13.0 Å². The van der Waals surface area contributed by atoms with Crippen LogP contribution in [-0.2, 0) is 13.0 Å². The molecule has 0 saturated carbocycles. The first-order valence-corrected chi connectivity index (χ1v) is 10.4. The molecule has 4 aromatic rings. The first kappa shape index (κ1) is 18.1. The normalized spacial score (nSPS) is 11.1. The Labute approximate surface area is 169 Å². The highest BCUT2D eigenvalue weighted by Crippen LogP contribution is 2.26. The maximum atomic E-state index is 11.6. The van der Waals surface area contributed by atoms with Crippen molar-refractivity contribution < 1.29 is 0 Å². The second-order valence-corrected chi connectivity index (χ2v) is 8.03. The van der Waals surface area contributed by atoms with Crippen molar-refractivity contribution in [2.75, 3.05) is 6.54 Å². The average molecular weight is 440 g/mol. The number of hydrogen-bond acceptors (Lipinski definition) is 4. The van der Waals surface area contributed by atoms with E-state index in [1.807, 2.05) is 5.38 Å². The van der Waals surface area contributed by atoms with Crippen LogP contribution in [0.25, 0.3) is 22.2 Å². The van der Waals surface area contributed by atoms with Gasteiger partial charge in [-0.05, 0) is 53.7 Å². The smallest absolute Gasteiger partial charge is 0.250 e. The minimum absolute atomic E-state index is 0.133. The Balaban J connectivity index is 1.54. The molecule has 2 N–H and O–H groups in total. The number of aromatic amines is 1. The first-order valence-electron chi connectivity index (χ1n) is 8.69. The molecule has 0 spiro atoms. The SMILES string of the molecule is O=c1cc2nc(-c3ccsc3)c(CNCCc3ccc(Br)cc3)cc2c[nH]1. The maximum Gasteiger partial charge on any atom is 0.250 e.